The van der Waals surface area contributed by atoms with Gasteiger partial charge in [-0.05, 0) is 61.7 Å². The highest BCUT2D eigenvalue weighted by Crippen LogP contribution is 2.18. The molecule has 2 aromatic rings. The molecule has 25 heavy (non-hydrogen) atoms. The minimum absolute atomic E-state index is 0.138. The van der Waals surface area contributed by atoms with E-state index < -0.39 is 10.0 Å². The molecule has 6 heteroatoms. The molecule has 0 aliphatic carbocycles. The zero-order valence-corrected chi connectivity index (χ0v) is 15.7. The molecule has 0 aromatic heterocycles. The normalized spacial score (nSPS) is 11.8. The molecule has 0 fully saturated rings. The van der Waals surface area contributed by atoms with E-state index in [0.717, 1.165) is 0 Å². The van der Waals surface area contributed by atoms with Crippen LogP contribution in [-0.2, 0) is 10.0 Å². The number of anilines is 1. The zero-order valence-electron chi connectivity index (χ0n) is 14.9. The Balaban J connectivity index is 2.10. The lowest BCUT2D eigenvalue weighted by Crippen LogP contribution is -2.30. The maximum atomic E-state index is 12.3. The summed E-state index contributed by atoms with van der Waals surface area (Å²) in [5, 5.41) is 2.81. The number of benzene rings is 2. The van der Waals surface area contributed by atoms with Crippen LogP contribution < -0.4 is 10.0 Å². The highest BCUT2D eigenvalue weighted by Gasteiger charge is 2.16. The van der Waals surface area contributed by atoms with E-state index in [1.54, 1.807) is 13.8 Å². The average molecular weight is 360 g/mol. The predicted octanol–water partition coefficient (Wildman–Crippen LogP) is 3.75. The Kier molecular flexibility index (Phi) is 5.98. The molecule has 0 aliphatic rings. The average Bonchev–Trinajstić information content (AvgIpc) is 2.54. The number of sulfonamides is 1. The first-order chi connectivity index (χ1) is 11.7. The smallest absolute Gasteiger partial charge is 0.255 e. The number of hydrogen-bond donors (Lipinski definition) is 2. The molecule has 2 rings (SSSR count). The summed E-state index contributed by atoms with van der Waals surface area (Å²) in [4.78, 5) is 12.4. The Bertz CT molecular complexity index is 824. The molecule has 0 aliphatic heterocycles. The SMILES string of the molecule is CC(C)NS(=O)(=O)c1ccc(C(=O)Nc2ccc(C(C)C)cc2)cc1. The maximum absolute atomic E-state index is 12.3. The molecule has 0 saturated heterocycles. The Labute approximate surface area is 149 Å². The van der Waals surface area contributed by atoms with Crippen LogP contribution in [-0.4, -0.2) is 20.4 Å². The topological polar surface area (TPSA) is 75.3 Å². The molecule has 0 spiro atoms. The van der Waals surface area contributed by atoms with E-state index in [-0.39, 0.29) is 16.8 Å². The van der Waals surface area contributed by atoms with Gasteiger partial charge in [-0.15, -0.1) is 0 Å². The van der Waals surface area contributed by atoms with Crippen LogP contribution in [0.2, 0.25) is 0 Å². The van der Waals surface area contributed by atoms with E-state index in [1.165, 1.54) is 29.8 Å². The van der Waals surface area contributed by atoms with Crippen molar-refractivity contribution in [2.45, 2.75) is 44.6 Å². The lowest BCUT2D eigenvalue weighted by Gasteiger charge is -2.11. The Hall–Kier alpha value is -2.18. The van der Waals surface area contributed by atoms with Crippen molar-refractivity contribution in [3.63, 3.8) is 0 Å². The van der Waals surface area contributed by atoms with Crippen molar-refractivity contribution in [2.24, 2.45) is 0 Å². The summed E-state index contributed by atoms with van der Waals surface area (Å²) in [7, 11) is -3.56. The molecule has 0 saturated carbocycles. The van der Waals surface area contributed by atoms with Gasteiger partial charge in [-0.25, -0.2) is 13.1 Å². The minimum atomic E-state index is -3.56. The summed E-state index contributed by atoms with van der Waals surface area (Å²) in [6.45, 7) is 7.72. The number of nitrogens with one attached hydrogen (secondary N) is 2. The Morgan fingerprint density at radius 3 is 1.92 bits per heavy atom. The van der Waals surface area contributed by atoms with Gasteiger partial charge in [-0.1, -0.05) is 26.0 Å². The standard InChI is InChI=1S/C19H24N2O3S/c1-13(2)15-5-9-17(10-6-15)20-19(22)16-7-11-18(12-8-16)25(23,24)21-14(3)4/h5-14,21H,1-4H3,(H,20,22). The van der Waals surface area contributed by atoms with Gasteiger partial charge in [0.1, 0.15) is 0 Å². The lowest BCUT2D eigenvalue weighted by atomic mass is 10.0. The third-order valence-corrected chi connectivity index (χ3v) is 5.33. The van der Waals surface area contributed by atoms with Crippen LogP contribution >= 0.6 is 0 Å². The van der Waals surface area contributed by atoms with Crippen molar-refractivity contribution in [1.82, 2.24) is 4.72 Å². The molecule has 0 heterocycles. The Morgan fingerprint density at radius 1 is 0.880 bits per heavy atom. The van der Waals surface area contributed by atoms with E-state index in [9.17, 15) is 13.2 Å². The van der Waals surface area contributed by atoms with Gasteiger partial charge in [0.25, 0.3) is 5.91 Å². The third-order valence-electron chi connectivity index (χ3n) is 3.65. The van der Waals surface area contributed by atoms with Crippen LogP contribution in [0, 0.1) is 0 Å². The first-order valence-corrected chi connectivity index (χ1v) is 9.71. The lowest BCUT2D eigenvalue weighted by molar-refractivity contribution is 0.102. The van der Waals surface area contributed by atoms with Crippen LogP contribution in [0.3, 0.4) is 0 Å². The van der Waals surface area contributed by atoms with Crippen molar-refractivity contribution >= 4 is 21.6 Å². The molecule has 0 radical (unpaired) electrons. The van der Waals surface area contributed by atoms with E-state index in [4.69, 9.17) is 0 Å². The van der Waals surface area contributed by atoms with E-state index in [1.807, 2.05) is 24.3 Å². The zero-order chi connectivity index (χ0) is 18.6. The number of rotatable bonds is 6. The minimum Gasteiger partial charge on any atom is -0.322 e. The van der Waals surface area contributed by atoms with Crippen LogP contribution in [0.5, 0.6) is 0 Å². The monoisotopic (exact) mass is 360 g/mol. The molecule has 134 valence electrons. The summed E-state index contributed by atoms with van der Waals surface area (Å²) in [6, 6.07) is 13.4. The van der Waals surface area contributed by atoms with Crippen molar-refractivity contribution in [2.75, 3.05) is 5.32 Å². The molecule has 2 aromatic carbocycles. The van der Waals surface area contributed by atoms with Gasteiger partial charge in [-0.3, -0.25) is 4.79 Å². The van der Waals surface area contributed by atoms with Crippen molar-refractivity contribution in [1.29, 1.82) is 0 Å². The van der Waals surface area contributed by atoms with Gasteiger partial charge in [0.05, 0.1) is 4.90 Å². The summed E-state index contributed by atoms with van der Waals surface area (Å²) in [6.07, 6.45) is 0. The molecule has 1 amide bonds. The first-order valence-electron chi connectivity index (χ1n) is 8.23. The van der Waals surface area contributed by atoms with Crippen LogP contribution in [0.25, 0.3) is 0 Å². The van der Waals surface area contributed by atoms with Crippen molar-refractivity contribution < 1.29 is 13.2 Å². The second-order valence-electron chi connectivity index (χ2n) is 6.53. The molecule has 0 bridgehead atoms. The maximum Gasteiger partial charge on any atom is 0.255 e. The fourth-order valence-electron chi connectivity index (χ4n) is 2.32. The first kappa shape index (κ1) is 19.1. The third kappa shape index (κ3) is 5.14. The number of amides is 1. The van der Waals surface area contributed by atoms with Gasteiger partial charge in [0.15, 0.2) is 0 Å². The summed E-state index contributed by atoms with van der Waals surface area (Å²) in [5.74, 6) is 0.150. The molecule has 0 unspecified atom stereocenters. The molecule has 2 N–H and O–H groups in total. The fraction of sp³-hybridized carbons (Fsp3) is 0.316. The summed E-state index contributed by atoms with van der Waals surface area (Å²) >= 11 is 0. The van der Waals surface area contributed by atoms with Crippen LogP contribution in [0.1, 0.15) is 49.5 Å². The quantitative estimate of drug-likeness (QED) is 0.824. The van der Waals surface area contributed by atoms with E-state index in [2.05, 4.69) is 23.9 Å². The van der Waals surface area contributed by atoms with Gasteiger partial charge in [0, 0.05) is 17.3 Å². The van der Waals surface area contributed by atoms with Crippen LogP contribution in [0.15, 0.2) is 53.4 Å². The van der Waals surface area contributed by atoms with Gasteiger partial charge < -0.3 is 5.32 Å². The van der Waals surface area contributed by atoms with Gasteiger partial charge in [-0.2, -0.15) is 0 Å². The van der Waals surface area contributed by atoms with Gasteiger partial charge in [0.2, 0.25) is 10.0 Å². The van der Waals surface area contributed by atoms with Gasteiger partial charge >= 0.3 is 0 Å². The molecular formula is C19H24N2O3S. The van der Waals surface area contributed by atoms with Crippen molar-refractivity contribution in [3.8, 4) is 0 Å². The summed E-state index contributed by atoms with van der Waals surface area (Å²) in [5.41, 5.74) is 2.30. The predicted molar refractivity (Wildman–Crippen MR) is 100 cm³/mol. The number of hydrogen-bond acceptors (Lipinski definition) is 3. The molecular weight excluding hydrogens is 336 g/mol. The van der Waals surface area contributed by atoms with Crippen LogP contribution in [0.4, 0.5) is 5.69 Å². The second kappa shape index (κ2) is 7.80. The van der Waals surface area contributed by atoms with Crippen molar-refractivity contribution in [3.05, 3.63) is 59.7 Å². The highest BCUT2D eigenvalue weighted by atomic mass is 32.2. The fourth-order valence-corrected chi connectivity index (χ4v) is 3.57. The summed E-state index contributed by atoms with van der Waals surface area (Å²) < 4.78 is 26.7. The number of carbonyl (C=O) groups is 1. The number of carbonyl (C=O) groups excluding carboxylic acids is 1. The molecule has 5 nitrogen and oxygen atoms in total. The Morgan fingerprint density at radius 2 is 1.44 bits per heavy atom. The van der Waals surface area contributed by atoms with E-state index >= 15 is 0 Å². The molecule has 0 atom stereocenters. The second-order valence-corrected chi connectivity index (χ2v) is 8.25. The largest absolute Gasteiger partial charge is 0.322 e. The van der Waals surface area contributed by atoms with E-state index in [0.29, 0.717) is 17.2 Å². The highest BCUT2D eigenvalue weighted by molar-refractivity contribution is 7.89.